The molecule has 3 atom stereocenters. The second-order valence-corrected chi connectivity index (χ2v) is 5.19. The number of hydrogen-bond donors (Lipinski definition) is 0. The van der Waals surface area contributed by atoms with E-state index in [1.165, 1.54) is 0 Å². The van der Waals surface area contributed by atoms with E-state index in [1.54, 1.807) is 0 Å². The van der Waals surface area contributed by atoms with Gasteiger partial charge in [0.15, 0.2) is 0 Å². The van der Waals surface area contributed by atoms with Crippen molar-refractivity contribution in [1.29, 1.82) is 0 Å². The minimum atomic E-state index is -0.510. The van der Waals surface area contributed by atoms with Crippen LogP contribution >= 0.6 is 0 Å². The van der Waals surface area contributed by atoms with E-state index in [4.69, 9.17) is 19.0 Å². The van der Waals surface area contributed by atoms with E-state index >= 15 is 0 Å². The topological polar surface area (TPSA) is 49.3 Å². The van der Waals surface area contributed by atoms with Crippen LogP contribution in [0.2, 0.25) is 0 Å². The molecule has 5 heteroatoms. The number of hydrogen-bond acceptors (Lipinski definition) is 5. The normalized spacial score (nSPS) is 24.8. The first-order valence-corrected chi connectivity index (χ1v) is 7.95. The molecule has 0 saturated carbocycles. The Morgan fingerprint density at radius 1 is 1.27 bits per heavy atom. The molecule has 1 rings (SSSR count). The van der Waals surface area contributed by atoms with Gasteiger partial charge in [0.25, 0.3) is 0 Å². The molecule has 0 aromatic heterocycles. The average Bonchev–Trinajstić information content (AvgIpc) is 2.47. The molecule has 1 heterocycles. The van der Waals surface area contributed by atoms with Gasteiger partial charge in [-0.2, -0.15) is 0 Å². The summed E-state index contributed by atoms with van der Waals surface area (Å²) in [6.45, 7) is 17.4. The second kappa shape index (κ2) is 9.77. The average molecular weight is 311 g/mol. The fourth-order valence-corrected chi connectivity index (χ4v) is 2.68. The molecule has 1 aliphatic rings. The second-order valence-electron chi connectivity index (χ2n) is 5.19. The van der Waals surface area contributed by atoms with Crippen LogP contribution in [-0.4, -0.2) is 38.1 Å². The molecule has 0 aromatic rings. The molecule has 0 fully saturated rings. The van der Waals surface area contributed by atoms with Crippen molar-refractivity contribution in [2.45, 2.75) is 46.7 Å². The molecule has 0 aromatic carbocycles. The van der Waals surface area contributed by atoms with Crippen LogP contribution < -0.4 is 0 Å². The summed E-state index contributed by atoms with van der Waals surface area (Å²) in [5, 5.41) is 4.25. The van der Waals surface area contributed by atoms with Crippen molar-refractivity contribution in [2.75, 3.05) is 19.8 Å². The summed E-state index contributed by atoms with van der Waals surface area (Å²) in [7, 11) is 0. The van der Waals surface area contributed by atoms with E-state index < -0.39 is 12.6 Å². The molecule has 126 valence electrons. The van der Waals surface area contributed by atoms with Crippen molar-refractivity contribution in [3.8, 4) is 0 Å². The SMILES string of the molecule is C=CC[C@H]1C(C(OCC)OCC)=NO[C@@H](OCC)[C@@H]1C(=C)C. The van der Waals surface area contributed by atoms with Crippen LogP contribution in [0, 0.1) is 11.8 Å². The standard InChI is InChI=1S/C17H29NO4/c1-7-11-13-14(12(5)6)16(19-8-2)22-18-15(13)17(20-9-3)21-10-4/h7,13-14,16-17H,1,5,8-11H2,2-4,6H3/t13-,14-,16-/m1/s1. The van der Waals surface area contributed by atoms with Gasteiger partial charge >= 0.3 is 0 Å². The van der Waals surface area contributed by atoms with Gasteiger partial charge in [-0.25, -0.2) is 0 Å². The maximum atomic E-state index is 5.68. The Kier molecular flexibility index (Phi) is 8.38. The largest absolute Gasteiger partial charge is 0.363 e. The highest BCUT2D eigenvalue weighted by atomic mass is 16.8. The van der Waals surface area contributed by atoms with Gasteiger partial charge < -0.3 is 19.0 Å². The molecule has 0 radical (unpaired) electrons. The Hall–Kier alpha value is -1.17. The smallest absolute Gasteiger partial charge is 0.234 e. The molecular weight excluding hydrogens is 282 g/mol. The third kappa shape index (κ3) is 4.66. The Morgan fingerprint density at radius 2 is 1.91 bits per heavy atom. The molecular formula is C17H29NO4. The van der Waals surface area contributed by atoms with Gasteiger partial charge in [0.1, 0.15) is 5.71 Å². The highest BCUT2D eigenvalue weighted by molar-refractivity contribution is 5.90. The molecule has 0 aliphatic carbocycles. The first-order valence-electron chi connectivity index (χ1n) is 7.95. The molecule has 5 nitrogen and oxygen atoms in total. The zero-order chi connectivity index (χ0) is 16.5. The van der Waals surface area contributed by atoms with Gasteiger partial charge in [0.05, 0.1) is 5.92 Å². The highest BCUT2D eigenvalue weighted by Gasteiger charge is 2.42. The van der Waals surface area contributed by atoms with E-state index in [1.807, 2.05) is 33.8 Å². The zero-order valence-corrected chi connectivity index (χ0v) is 14.2. The third-order valence-corrected chi connectivity index (χ3v) is 3.57. The highest BCUT2D eigenvalue weighted by Crippen LogP contribution is 2.35. The van der Waals surface area contributed by atoms with E-state index in [9.17, 15) is 0 Å². The van der Waals surface area contributed by atoms with Crippen molar-refractivity contribution >= 4 is 5.71 Å². The first-order chi connectivity index (χ1) is 10.6. The molecule has 22 heavy (non-hydrogen) atoms. The van der Waals surface area contributed by atoms with Gasteiger partial charge in [0, 0.05) is 25.7 Å². The lowest BCUT2D eigenvalue weighted by atomic mass is 9.80. The van der Waals surface area contributed by atoms with Crippen LogP contribution in [-0.2, 0) is 19.0 Å². The van der Waals surface area contributed by atoms with Crippen molar-refractivity contribution in [1.82, 2.24) is 0 Å². The molecule has 0 amide bonds. The van der Waals surface area contributed by atoms with Gasteiger partial charge in [-0.3, -0.25) is 0 Å². The lowest BCUT2D eigenvalue weighted by Gasteiger charge is -2.38. The van der Waals surface area contributed by atoms with Gasteiger partial charge in [0.2, 0.25) is 12.6 Å². The van der Waals surface area contributed by atoms with Crippen LogP contribution in [0.1, 0.15) is 34.1 Å². The monoisotopic (exact) mass is 311 g/mol. The summed E-state index contributed by atoms with van der Waals surface area (Å²) in [4.78, 5) is 5.57. The summed E-state index contributed by atoms with van der Waals surface area (Å²) in [5.41, 5.74) is 1.73. The third-order valence-electron chi connectivity index (χ3n) is 3.57. The lowest BCUT2D eigenvalue weighted by Crippen LogP contribution is -2.45. The van der Waals surface area contributed by atoms with Crippen molar-refractivity contribution in [3.05, 3.63) is 24.8 Å². The quantitative estimate of drug-likeness (QED) is 0.457. The molecule has 0 unspecified atom stereocenters. The summed E-state index contributed by atoms with van der Waals surface area (Å²) in [5.74, 6) is 0.0391. The van der Waals surface area contributed by atoms with Gasteiger partial charge in [-0.1, -0.05) is 23.4 Å². The van der Waals surface area contributed by atoms with Crippen molar-refractivity contribution in [3.63, 3.8) is 0 Å². The Bertz CT molecular complexity index is 388. The molecule has 0 bridgehead atoms. The molecule has 0 saturated heterocycles. The number of rotatable bonds is 10. The van der Waals surface area contributed by atoms with Crippen molar-refractivity contribution in [2.24, 2.45) is 17.0 Å². The van der Waals surface area contributed by atoms with E-state index in [0.29, 0.717) is 19.8 Å². The number of allylic oxidation sites excluding steroid dienone is 1. The Labute approximate surface area is 133 Å². The van der Waals surface area contributed by atoms with Crippen LogP contribution in [0.3, 0.4) is 0 Å². The number of nitrogens with zero attached hydrogens (tertiary/aromatic N) is 1. The lowest BCUT2D eigenvalue weighted by molar-refractivity contribution is -0.183. The van der Waals surface area contributed by atoms with Gasteiger partial charge in [-0.15, -0.1) is 6.58 Å². The number of ether oxygens (including phenoxy) is 3. The summed E-state index contributed by atoms with van der Waals surface area (Å²) in [6, 6.07) is 0. The van der Waals surface area contributed by atoms with Crippen molar-refractivity contribution < 1.29 is 19.0 Å². The fraction of sp³-hybridized carbons (Fsp3) is 0.706. The first kappa shape index (κ1) is 18.9. The van der Waals surface area contributed by atoms with E-state index in [2.05, 4.69) is 18.3 Å². The Balaban J connectivity index is 3.11. The maximum Gasteiger partial charge on any atom is 0.234 e. The van der Waals surface area contributed by atoms with Crippen LogP contribution in [0.25, 0.3) is 0 Å². The molecule has 0 spiro atoms. The predicted octanol–water partition coefficient (Wildman–Crippen LogP) is 3.52. The number of oxime groups is 1. The van der Waals surface area contributed by atoms with Crippen LogP contribution in [0.5, 0.6) is 0 Å². The summed E-state index contributed by atoms with van der Waals surface area (Å²) < 4.78 is 17.0. The van der Waals surface area contributed by atoms with E-state index in [-0.39, 0.29) is 11.8 Å². The Morgan fingerprint density at radius 3 is 2.36 bits per heavy atom. The van der Waals surface area contributed by atoms with E-state index in [0.717, 1.165) is 17.7 Å². The van der Waals surface area contributed by atoms with Crippen LogP contribution in [0.4, 0.5) is 0 Å². The van der Waals surface area contributed by atoms with Gasteiger partial charge in [-0.05, 0) is 34.1 Å². The minimum Gasteiger partial charge on any atom is -0.363 e. The molecule has 1 aliphatic heterocycles. The predicted molar refractivity (Wildman–Crippen MR) is 87.6 cm³/mol. The fourth-order valence-electron chi connectivity index (χ4n) is 2.68. The van der Waals surface area contributed by atoms with Crippen LogP contribution in [0.15, 0.2) is 30.0 Å². The summed E-state index contributed by atoms with van der Waals surface area (Å²) >= 11 is 0. The maximum absolute atomic E-state index is 5.68. The minimum absolute atomic E-state index is 0.00568. The zero-order valence-electron chi connectivity index (χ0n) is 14.2. The molecule has 0 N–H and O–H groups in total. The summed E-state index contributed by atoms with van der Waals surface area (Å²) in [6.07, 6.45) is 1.67.